The maximum absolute atomic E-state index is 13.4. The lowest BCUT2D eigenvalue weighted by Gasteiger charge is -2.09. The van der Waals surface area contributed by atoms with Crippen LogP contribution in [-0.2, 0) is 56.7 Å². The maximum Gasteiger partial charge on any atom is 0.291 e. The highest BCUT2D eigenvalue weighted by Crippen LogP contribution is 2.22. The summed E-state index contributed by atoms with van der Waals surface area (Å²) in [6.07, 6.45) is 10.7. The van der Waals surface area contributed by atoms with Crippen molar-refractivity contribution in [2.45, 2.75) is 32.6 Å². The van der Waals surface area contributed by atoms with E-state index in [1.165, 1.54) is 62.1 Å². The van der Waals surface area contributed by atoms with Crippen LogP contribution in [0.25, 0.3) is 0 Å². The molecule has 398 valence electrons. The van der Waals surface area contributed by atoms with Gasteiger partial charge in [-0.25, -0.2) is 4.98 Å². The lowest BCUT2D eigenvalue weighted by atomic mass is 10.2. The van der Waals surface area contributed by atoms with Crippen LogP contribution in [-0.4, -0.2) is 126 Å². The number of nitrogens with zero attached hydrogens (tertiary/aromatic N) is 7. The quantitative estimate of drug-likeness (QED) is 0.0406. The van der Waals surface area contributed by atoms with E-state index in [-0.39, 0.29) is 83.8 Å². The fourth-order valence-corrected chi connectivity index (χ4v) is 7.89. The molecule has 0 aliphatic rings. The fourth-order valence-electron chi connectivity index (χ4n) is 7.89. The average molecular weight is 1040 g/mol. The fraction of sp³-hybridized carbons (Fsp3) is 0.347. The number of hydrogen-bond donors (Lipinski definition) is 10. The number of anilines is 6. The van der Waals surface area contributed by atoms with Gasteiger partial charge in [-0.15, -0.1) is 0 Å². The first kappa shape index (κ1) is 55.1. The minimum atomic E-state index is -0.556. The van der Waals surface area contributed by atoms with E-state index in [2.05, 4.69) is 52.8 Å². The zero-order valence-corrected chi connectivity index (χ0v) is 43.3. The highest BCUT2D eigenvalue weighted by atomic mass is 16.2. The minimum Gasteiger partial charge on any atom is -0.356 e. The number of nitrogens with one attached hydrogen (secondary N) is 10. The van der Waals surface area contributed by atoms with Crippen molar-refractivity contribution in [1.82, 2.24) is 48.3 Å². The third-order valence-corrected chi connectivity index (χ3v) is 11.6. The summed E-state index contributed by atoms with van der Waals surface area (Å²) in [7, 11) is 13.9. The topological polar surface area (TPSA) is 309 Å². The van der Waals surface area contributed by atoms with Gasteiger partial charge in [0.1, 0.15) is 28.5 Å². The van der Waals surface area contributed by atoms with E-state index in [9.17, 15) is 43.2 Å². The molecule has 0 bridgehead atoms. The van der Waals surface area contributed by atoms with E-state index in [0.717, 1.165) is 13.0 Å². The monoisotopic (exact) mass is 1030 g/mol. The van der Waals surface area contributed by atoms with E-state index in [1.807, 2.05) is 14.1 Å². The Morgan fingerprint density at radius 1 is 0.427 bits per heavy atom. The van der Waals surface area contributed by atoms with Gasteiger partial charge in [0.2, 0.25) is 23.5 Å². The lowest BCUT2D eigenvalue weighted by molar-refractivity contribution is -0.858. The summed E-state index contributed by atoms with van der Waals surface area (Å²) < 4.78 is 9.17. The summed E-state index contributed by atoms with van der Waals surface area (Å²) in [6.45, 7) is 3.14. The molecule has 0 aliphatic heterocycles. The minimum absolute atomic E-state index is 0.0412. The molecule has 0 spiro atoms. The van der Waals surface area contributed by atoms with Crippen LogP contribution in [0.1, 0.15) is 95.7 Å². The summed E-state index contributed by atoms with van der Waals surface area (Å²) in [6, 6.07) is 7.52. The number of aromatic nitrogens is 7. The first-order chi connectivity index (χ1) is 35.5. The van der Waals surface area contributed by atoms with Crippen LogP contribution >= 0.6 is 0 Å². The number of carbonyl (C=O) groups is 9. The Bertz CT molecular complexity index is 3140. The molecule has 6 aromatic rings. The van der Waals surface area contributed by atoms with Crippen LogP contribution < -0.4 is 52.8 Å². The van der Waals surface area contributed by atoms with Gasteiger partial charge in [0.25, 0.3) is 35.4 Å². The number of amides is 9. The molecular weight excluding hydrogens is 971 g/mol. The van der Waals surface area contributed by atoms with Crippen LogP contribution in [0.4, 0.5) is 34.3 Å². The Balaban J connectivity index is 0.917. The Morgan fingerprint density at radius 3 is 1.24 bits per heavy atom. The number of rotatable bonds is 23. The van der Waals surface area contributed by atoms with Crippen molar-refractivity contribution < 1.29 is 48.1 Å². The van der Waals surface area contributed by atoms with Gasteiger partial charge < -0.3 is 80.2 Å². The smallest absolute Gasteiger partial charge is 0.291 e. The molecule has 0 radical (unpaired) electrons. The van der Waals surface area contributed by atoms with Gasteiger partial charge in [0, 0.05) is 125 Å². The van der Waals surface area contributed by atoms with Gasteiger partial charge in [0.05, 0.1) is 49.1 Å². The SMILES string of the molecule is CC(=O)Nc1cn(C)c(C(=O)Nc2cc(C(=O)Nc3cc(C(=O)NCCCC(=O)Nc4cc(C(=O)Nc5cc(C(=O)Nc6cc(C(=O)NCCC(=O)NCCC[NH+](C)C)n(C)c6)n(C)c5)n(C)c4)n(C)c3)n(C)c2)n1. The van der Waals surface area contributed by atoms with Gasteiger partial charge in [0.15, 0.2) is 5.82 Å². The molecule has 0 aromatic carbocycles. The average Bonchev–Trinajstić information content (AvgIpc) is 4.19. The molecule has 6 aromatic heterocycles. The highest BCUT2D eigenvalue weighted by Gasteiger charge is 2.22. The van der Waals surface area contributed by atoms with E-state index in [0.29, 0.717) is 41.4 Å². The second-order valence-corrected chi connectivity index (χ2v) is 18.3. The summed E-state index contributed by atoms with van der Waals surface area (Å²) in [4.78, 5) is 121. The van der Waals surface area contributed by atoms with E-state index < -0.39 is 35.4 Å². The molecule has 0 atom stereocenters. The van der Waals surface area contributed by atoms with Crippen molar-refractivity contribution >= 4 is 87.4 Å². The number of aryl methyl sites for hydroxylation is 6. The zero-order valence-electron chi connectivity index (χ0n) is 43.3. The second-order valence-electron chi connectivity index (χ2n) is 18.3. The molecule has 0 saturated heterocycles. The predicted octanol–water partition coefficient (Wildman–Crippen LogP) is 1.000. The van der Waals surface area contributed by atoms with E-state index in [4.69, 9.17) is 0 Å². The molecule has 0 fully saturated rings. The van der Waals surface area contributed by atoms with Crippen LogP contribution in [0.2, 0.25) is 0 Å². The number of carbonyl (C=O) groups excluding carboxylic acids is 9. The Labute approximate surface area is 431 Å². The van der Waals surface area contributed by atoms with Crippen LogP contribution in [0.15, 0.2) is 67.5 Å². The maximum atomic E-state index is 13.4. The van der Waals surface area contributed by atoms with Crippen molar-refractivity contribution in [2.24, 2.45) is 42.3 Å². The summed E-state index contributed by atoms with van der Waals surface area (Å²) >= 11 is 0. The van der Waals surface area contributed by atoms with Gasteiger partial charge >= 0.3 is 0 Å². The zero-order chi connectivity index (χ0) is 54.7. The summed E-state index contributed by atoms with van der Waals surface area (Å²) in [5.41, 5.74) is 2.93. The molecule has 26 heteroatoms. The molecule has 10 N–H and O–H groups in total. The van der Waals surface area contributed by atoms with Gasteiger partial charge in [-0.3, -0.25) is 43.2 Å². The van der Waals surface area contributed by atoms with Crippen molar-refractivity contribution in [3.05, 3.63) is 102 Å². The van der Waals surface area contributed by atoms with Gasteiger partial charge in [-0.2, -0.15) is 0 Å². The van der Waals surface area contributed by atoms with Crippen molar-refractivity contribution in [3.8, 4) is 0 Å². The Kier molecular flexibility index (Phi) is 18.0. The summed E-state index contributed by atoms with van der Waals surface area (Å²) in [5, 5.41) is 24.7. The number of hydrogen-bond acceptors (Lipinski definition) is 10. The largest absolute Gasteiger partial charge is 0.356 e. The standard InChI is InChI=1S/C49H63N17O9/c1-29(67)53-40-28-66(9)43(59-40)49(75)58-34-22-39(65(8)27-34)48(74)55-31-19-35(61(4)24-31)44(70)51-14-10-12-42(69)54-30-18-37(63(6)23-30)46(72)57-33-21-38(64(7)26-33)47(73)56-32-20-36(62(5)25-32)45(71)52-16-13-41(68)50-15-11-17-60(2)3/h18-28H,10-17H2,1-9H3,(H,50,68)(H,51,70)(H,52,71)(H,53,67)(H,54,69)(H,55,74)(H,56,73)(H,57,72)(H,58,75)/p+1. The Hall–Kier alpha value is -9.20. The van der Waals surface area contributed by atoms with Crippen molar-refractivity contribution in [3.63, 3.8) is 0 Å². The van der Waals surface area contributed by atoms with Crippen LogP contribution in [0.3, 0.4) is 0 Å². The Morgan fingerprint density at radius 2 is 0.813 bits per heavy atom. The molecule has 0 saturated carbocycles. The second kappa shape index (κ2) is 24.5. The number of quaternary nitrogens is 1. The normalized spacial score (nSPS) is 11.0. The first-order valence-corrected chi connectivity index (χ1v) is 23.8. The molecule has 0 unspecified atom stereocenters. The lowest BCUT2D eigenvalue weighted by Crippen LogP contribution is -3.05. The third kappa shape index (κ3) is 14.9. The molecule has 6 rings (SSSR count). The van der Waals surface area contributed by atoms with Crippen molar-refractivity contribution in [1.29, 1.82) is 0 Å². The summed E-state index contributed by atoms with van der Waals surface area (Å²) in [5.74, 6) is -3.46. The first-order valence-electron chi connectivity index (χ1n) is 23.8. The molecule has 6 heterocycles. The van der Waals surface area contributed by atoms with Crippen LogP contribution in [0, 0.1) is 0 Å². The molecule has 9 amide bonds. The van der Waals surface area contributed by atoms with Gasteiger partial charge in [-0.05, 0) is 36.8 Å². The molecule has 0 aliphatic carbocycles. The molecular formula is C49H64N17O9+. The van der Waals surface area contributed by atoms with Gasteiger partial charge in [-0.1, -0.05) is 0 Å². The molecule has 75 heavy (non-hydrogen) atoms. The third-order valence-electron chi connectivity index (χ3n) is 11.6. The predicted molar refractivity (Wildman–Crippen MR) is 279 cm³/mol. The molecule has 26 nitrogen and oxygen atoms in total. The highest BCUT2D eigenvalue weighted by molar-refractivity contribution is 6.09. The van der Waals surface area contributed by atoms with E-state index >= 15 is 0 Å². The van der Waals surface area contributed by atoms with Crippen molar-refractivity contribution in [2.75, 3.05) is 72.2 Å². The number of imidazole rings is 1. The van der Waals surface area contributed by atoms with E-state index in [1.54, 1.807) is 87.0 Å². The van der Waals surface area contributed by atoms with Crippen LogP contribution in [0.5, 0.6) is 0 Å².